The summed E-state index contributed by atoms with van der Waals surface area (Å²) in [4.78, 5) is 0. The molecule has 0 aliphatic carbocycles. The number of furan rings is 1. The molecule has 4 nitrogen and oxygen atoms in total. The van der Waals surface area contributed by atoms with Crippen LogP contribution in [-0.4, -0.2) is 26.4 Å². The number of rotatable bonds is 10. The maximum atomic E-state index is 5.61. The molecule has 1 aromatic rings. The molecule has 0 atom stereocenters. The van der Waals surface area contributed by atoms with Crippen molar-refractivity contribution in [1.29, 1.82) is 0 Å². The molecule has 1 rings (SSSR count). The van der Waals surface area contributed by atoms with Gasteiger partial charge < -0.3 is 19.2 Å². The van der Waals surface area contributed by atoms with Gasteiger partial charge in [-0.3, -0.25) is 0 Å². The molecule has 0 fully saturated rings. The van der Waals surface area contributed by atoms with Crippen molar-refractivity contribution < 1.29 is 13.9 Å². The van der Waals surface area contributed by atoms with Gasteiger partial charge in [0.2, 0.25) is 0 Å². The molecule has 0 amide bonds. The predicted molar refractivity (Wildman–Crippen MR) is 66.9 cm³/mol. The number of hydrogen-bond acceptors (Lipinski definition) is 4. The topological polar surface area (TPSA) is 43.6 Å². The van der Waals surface area contributed by atoms with Crippen LogP contribution in [0.3, 0.4) is 0 Å². The standard InChI is InChI=1S/C13H23NO3/c1-3-7-14-10-12-5-6-13(17-12)11-16-9-8-15-4-2/h5-6,14H,3-4,7-11H2,1-2H3. The SMILES string of the molecule is CCCNCc1ccc(COCCOCC)o1. The predicted octanol–water partition coefficient (Wildman–Crippen LogP) is 2.33. The molecule has 0 radical (unpaired) electrons. The third-order valence-electron chi connectivity index (χ3n) is 2.26. The van der Waals surface area contributed by atoms with Crippen molar-refractivity contribution in [1.82, 2.24) is 5.32 Å². The van der Waals surface area contributed by atoms with E-state index in [1.165, 1.54) is 0 Å². The second kappa shape index (κ2) is 9.22. The van der Waals surface area contributed by atoms with E-state index in [2.05, 4.69) is 12.2 Å². The molecule has 98 valence electrons. The van der Waals surface area contributed by atoms with Crippen molar-refractivity contribution >= 4 is 0 Å². The molecule has 1 N–H and O–H groups in total. The summed E-state index contributed by atoms with van der Waals surface area (Å²) in [6, 6.07) is 3.95. The van der Waals surface area contributed by atoms with Crippen LogP contribution in [-0.2, 0) is 22.6 Å². The van der Waals surface area contributed by atoms with Gasteiger partial charge in [-0.15, -0.1) is 0 Å². The van der Waals surface area contributed by atoms with Gasteiger partial charge in [-0.2, -0.15) is 0 Å². The molecule has 4 heteroatoms. The van der Waals surface area contributed by atoms with Gasteiger partial charge in [0.05, 0.1) is 19.8 Å². The Morgan fingerprint density at radius 2 is 1.88 bits per heavy atom. The van der Waals surface area contributed by atoms with Crippen LogP contribution in [0.15, 0.2) is 16.5 Å². The Balaban J connectivity index is 2.12. The van der Waals surface area contributed by atoms with Crippen LogP contribution in [0, 0.1) is 0 Å². The summed E-state index contributed by atoms with van der Waals surface area (Å²) in [7, 11) is 0. The van der Waals surface area contributed by atoms with Gasteiger partial charge in [0.25, 0.3) is 0 Å². The summed E-state index contributed by atoms with van der Waals surface area (Å²) < 4.78 is 16.2. The fourth-order valence-electron chi connectivity index (χ4n) is 1.42. The largest absolute Gasteiger partial charge is 0.462 e. The van der Waals surface area contributed by atoms with Crippen molar-refractivity contribution in [3.8, 4) is 0 Å². The Hall–Kier alpha value is -0.840. The minimum absolute atomic E-state index is 0.515. The van der Waals surface area contributed by atoms with Crippen LogP contribution in [0.4, 0.5) is 0 Å². The minimum atomic E-state index is 0.515. The zero-order chi connectivity index (χ0) is 12.3. The van der Waals surface area contributed by atoms with E-state index in [1.54, 1.807) is 0 Å². The first kappa shape index (κ1) is 14.2. The molecular formula is C13H23NO3. The van der Waals surface area contributed by atoms with Crippen molar-refractivity contribution in [2.24, 2.45) is 0 Å². The summed E-state index contributed by atoms with van der Waals surface area (Å²) in [5.41, 5.74) is 0. The Morgan fingerprint density at radius 1 is 1.12 bits per heavy atom. The number of ether oxygens (including phenoxy) is 2. The van der Waals surface area contributed by atoms with Crippen molar-refractivity contribution in [3.63, 3.8) is 0 Å². The Morgan fingerprint density at radius 3 is 2.65 bits per heavy atom. The van der Waals surface area contributed by atoms with Gasteiger partial charge in [-0.25, -0.2) is 0 Å². The summed E-state index contributed by atoms with van der Waals surface area (Å²) in [6.45, 7) is 8.42. The molecule has 0 aromatic carbocycles. The molecule has 1 heterocycles. The average Bonchev–Trinajstić information content (AvgIpc) is 2.77. The summed E-state index contributed by atoms with van der Waals surface area (Å²) in [6.07, 6.45) is 1.13. The normalized spacial score (nSPS) is 10.9. The van der Waals surface area contributed by atoms with E-state index in [-0.39, 0.29) is 0 Å². The van der Waals surface area contributed by atoms with Crippen molar-refractivity contribution in [2.75, 3.05) is 26.4 Å². The number of hydrogen-bond donors (Lipinski definition) is 1. The van der Waals surface area contributed by atoms with Crippen LogP contribution in [0.25, 0.3) is 0 Å². The van der Waals surface area contributed by atoms with E-state index in [0.717, 1.165) is 37.6 Å². The van der Waals surface area contributed by atoms with E-state index in [1.807, 2.05) is 19.1 Å². The lowest BCUT2D eigenvalue weighted by molar-refractivity contribution is 0.0387. The fraction of sp³-hybridized carbons (Fsp3) is 0.692. The lowest BCUT2D eigenvalue weighted by Crippen LogP contribution is -2.13. The van der Waals surface area contributed by atoms with Gasteiger partial charge in [-0.05, 0) is 32.0 Å². The maximum Gasteiger partial charge on any atom is 0.129 e. The molecule has 0 aliphatic heterocycles. The zero-order valence-corrected chi connectivity index (χ0v) is 10.8. The molecule has 0 spiro atoms. The quantitative estimate of drug-likeness (QED) is 0.638. The molecule has 0 aliphatic rings. The van der Waals surface area contributed by atoms with E-state index in [9.17, 15) is 0 Å². The van der Waals surface area contributed by atoms with Crippen LogP contribution in [0.1, 0.15) is 31.8 Å². The Kier molecular flexibility index (Phi) is 7.71. The van der Waals surface area contributed by atoms with E-state index >= 15 is 0 Å². The summed E-state index contributed by atoms with van der Waals surface area (Å²) >= 11 is 0. The fourth-order valence-corrected chi connectivity index (χ4v) is 1.42. The van der Waals surface area contributed by atoms with E-state index in [4.69, 9.17) is 13.9 Å². The highest BCUT2D eigenvalue weighted by Gasteiger charge is 2.01. The lowest BCUT2D eigenvalue weighted by Gasteiger charge is -2.02. The molecule has 0 saturated heterocycles. The molecule has 17 heavy (non-hydrogen) atoms. The minimum Gasteiger partial charge on any atom is -0.462 e. The van der Waals surface area contributed by atoms with E-state index < -0.39 is 0 Å². The van der Waals surface area contributed by atoms with E-state index in [0.29, 0.717) is 19.8 Å². The van der Waals surface area contributed by atoms with Gasteiger partial charge in [0.15, 0.2) is 0 Å². The van der Waals surface area contributed by atoms with Crippen LogP contribution < -0.4 is 5.32 Å². The Bertz CT molecular complexity index is 286. The highest BCUT2D eigenvalue weighted by atomic mass is 16.5. The van der Waals surface area contributed by atoms with Crippen molar-refractivity contribution in [2.45, 2.75) is 33.4 Å². The molecule has 0 unspecified atom stereocenters. The van der Waals surface area contributed by atoms with Crippen LogP contribution >= 0.6 is 0 Å². The number of nitrogens with one attached hydrogen (secondary N) is 1. The second-order valence-corrected chi connectivity index (χ2v) is 3.79. The molecule has 0 bridgehead atoms. The maximum absolute atomic E-state index is 5.61. The average molecular weight is 241 g/mol. The second-order valence-electron chi connectivity index (χ2n) is 3.79. The molecular weight excluding hydrogens is 218 g/mol. The smallest absolute Gasteiger partial charge is 0.129 e. The zero-order valence-electron chi connectivity index (χ0n) is 10.8. The summed E-state index contributed by atoms with van der Waals surface area (Å²) in [5, 5.41) is 3.29. The lowest BCUT2D eigenvalue weighted by atomic mass is 10.4. The summed E-state index contributed by atoms with van der Waals surface area (Å²) in [5.74, 6) is 1.83. The third-order valence-corrected chi connectivity index (χ3v) is 2.26. The first-order valence-electron chi connectivity index (χ1n) is 6.30. The van der Waals surface area contributed by atoms with Gasteiger partial charge >= 0.3 is 0 Å². The first-order valence-corrected chi connectivity index (χ1v) is 6.30. The Labute approximate surface area is 103 Å². The van der Waals surface area contributed by atoms with Crippen molar-refractivity contribution in [3.05, 3.63) is 23.7 Å². The third kappa shape index (κ3) is 6.46. The highest BCUT2D eigenvalue weighted by molar-refractivity contribution is 5.06. The van der Waals surface area contributed by atoms with Crippen LogP contribution in [0.5, 0.6) is 0 Å². The van der Waals surface area contributed by atoms with Crippen LogP contribution in [0.2, 0.25) is 0 Å². The van der Waals surface area contributed by atoms with Gasteiger partial charge in [0, 0.05) is 6.61 Å². The molecule has 1 aromatic heterocycles. The molecule has 0 saturated carbocycles. The van der Waals surface area contributed by atoms with Gasteiger partial charge in [0.1, 0.15) is 18.1 Å². The monoisotopic (exact) mass is 241 g/mol. The highest BCUT2D eigenvalue weighted by Crippen LogP contribution is 2.08. The van der Waals surface area contributed by atoms with Gasteiger partial charge in [-0.1, -0.05) is 6.92 Å². The first-order chi connectivity index (χ1) is 8.36.